The molecule has 1 aromatic rings. The maximum atomic E-state index is 12.9. The Labute approximate surface area is 148 Å². The summed E-state index contributed by atoms with van der Waals surface area (Å²) in [5.41, 5.74) is 2.89. The molecule has 2 heterocycles. The number of cyclic esters (lactones) is 1. The van der Waals surface area contributed by atoms with Crippen molar-refractivity contribution in [1.29, 1.82) is 0 Å². The molecule has 2 saturated heterocycles. The van der Waals surface area contributed by atoms with Gasteiger partial charge in [-0.05, 0) is 35.8 Å². The predicted octanol–water partition coefficient (Wildman–Crippen LogP) is 2.66. The van der Waals surface area contributed by atoms with Gasteiger partial charge in [0.2, 0.25) is 5.91 Å². The molecule has 2 unspecified atom stereocenters. The van der Waals surface area contributed by atoms with Crippen molar-refractivity contribution >= 4 is 12.0 Å². The lowest BCUT2D eigenvalue weighted by molar-refractivity contribution is -0.135. The van der Waals surface area contributed by atoms with E-state index < -0.39 is 6.09 Å². The van der Waals surface area contributed by atoms with Crippen LogP contribution in [0.15, 0.2) is 24.3 Å². The Morgan fingerprint density at radius 1 is 1.32 bits per heavy atom. The van der Waals surface area contributed by atoms with Gasteiger partial charge >= 0.3 is 6.09 Å². The summed E-state index contributed by atoms with van der Waals surface area (Å²) in [6.07, 6.45) is 1.37. The van der Waals surface area contributed by atoms with Crippen molar-refractivity contribution in [2.45, 2.75) is 38.0 Å². The Kier molecular flexibility index (Phi) is 3.97. The fourth-order valence-electron chi connectivity index (χ4n) is 4.42. The molecule has 3 fully saturated rings. The standard InChI is InChI=1S/C20H26N2O3/c1-13(2)14-3-5-16(6-4-14)20-9-17(20)11-22(12-20)18(23)15-7-8-25-19(24)21-10-15/h3-6,13,15,17H,7-12H2,1-2H3,(H,21,24)/t15-,17?,20?/m1/s1. The summed E-state index contributed by atoms with van der Waals surface area (Å²) in [7, 11) is 0. The number of carbonyl (C=O) groups is 2. The second kappa shape index (κ2) is 6.04. The lowest BCUT2D eigenvalue weighted by Crippen LogP contribution is -2.41. The summed E-state index contributed by atoms with van der Waals surface area (Å²) in [5, 5.41) is 2.67. The van der Waals surface area contributed by atoms with Gasteiger partial charge in [-0.1, -0.05) is 38.1 Å². The average molecular weight is 342 g/mol. The van der Waals surface area contributed by atoms with E-state index in [4.69, 9.17) is 4.74 Å². The number of fused-ring (bicyclic) bond motifs is 1. The Morgan fingerprint density at radius 2 is 2.08 bits per heavy atom. The second-order valence-electron chi connectivity index (χ2n) is 8.06. The lowest BCUT2D eigenvalue weighted by atomic mass is 9.92. The zero-order valence-corrected chi connectivity index (χ0v) is 15.0. The predicted molar refractivity (Wildman–Crippen MR) is 94.4 cm³/mol. The van der Waals surface area contributed by atoms with Gasteiger partial charge in [0.15, 0.2) is 0 Å². The number of likely N-dealkylation sites (tertiary alicyclic amines) is 1. The molecular formula is C20H26N2O3. The van der Waals surface area contributed by atoms with Gasteiger partial charge < -0.3 is 15.0 Å². The first-order valence-corrected chi connectivity index (χ1v) is 9.29. The third-order valence-electron chi connectivity index (χ3n) is 6.15. The third-order valence-corrected chi connectivity index (χ3v) is 6.15. The maximum Gasteiger partial charge on any atom is 0.407 e. The Bertz CT molecular complexity index is 685. The van der Waals surface area contributed by atoms with Crippen LogP contribution in [0.1, 0.15) is 43.7 Å². The van der Waals surface area contributed by atoms with Crippen LogP contribution in [0.25, 0.3) is 0 Å². The van der Waals surface area contributed by atoms with Gasteiger partial charge in [0.25, 0.3) is 0 Å². The largest absolute Gasteiger partial charge is 0.450 e. The Hall–Kier alpha value is -2.04. The molecule has 0 aromatic heterocycles. The molecule has 1 N–H and O–H groups in total. The fourth-order valence-corrected chi connectivity index (χ4v) is 4.42. The number of rotatable bonds is 3. The topological polar surface area (TPSA) is 58.6 Å². The van der Waals surface area contributed by atoms with Crippen LogP contribution in [-0.2, 0) is 14.9 Å². The number of benzene rings is 1. The second-order valence-corrected chi connectivity index (χ2v) is 8.06. The quantitative estimate of drug-likeness (QED) is 0.919. The van der Waals surface area contributed by atoms with Crippen LogP contribution >= 0.6 is 0 Å². The van der Waals surface area contributed by atoms with E-state index in [0.29, 0.717) is 31.4 Å². The van der Waals surface area contributed by atoms with Crippen molar-refractivity contribution in [3.63, 3.8) is 0 Å². The molecule has 0 radical (unpaired) electrons. The van der Waals surface area contributed by atoms with E-state index in [-0.39, 0.29) is 17.2 Å². The van der Waals surface area contributed by atoms with E-state index in [0.717, 1.165) is 13.1 Å². The van der Waals surface area contributed by atoms with E-state index in [1.165, 1.54) is 17.5 Å². The van der Waals surface area contributed by atoms with Crippen molar-refractivity contribution in [2.75, 3.05) is 26.2 Å². The summed E-state index contributed by atoms with van der Waals surface area (Å²) in [6.45, 7) is 6.77. The highest BCUT2D eigenvalue weighted by Crippen LogP contribution is 2.59. The molecule has 1 aromatic carbocycles. The first-order chi connectivity index (χ1) is 12.0. The summed E-state index contributed by atoms with van der Waals surface area (Å²) >= 11 is 0. The molecule has 0 bridgehead atoms. The molecule has 2 aliphatic heterocycles. The molecule has 2 amide bonds. The van der Waals surface area contributed by atoms with Gasteiger partial charge in [0.1, 0.15) is 0 Å². The number of nitrogens with one attached hydrogen (secondary N) is 1. The van der Waals surface area contributed by atoms with Gasteiger partial charge in [-0.3, -0.25) is 4.79 Å². The minimum Gasteiger partial charge on any atom is -0.450 e. The van der Waals surface area contributed by atoms with Gasteiger partial charge in [-0.25, -0.2) is 4.79 Å². The zero-order valence-electron chi connectivity index (χ0n) is 15.0. The van der Waals surface area contributed by atoms with Crippen molar-refractivity contribution < 1.29 is 14.3 Å². The summed E-state index contributed by atoms with van der Waals surface area (Å²) in [4.78, 5) is 26.2. The number of hydrogen-bond donors (Lipinski definition) is 1. The van der Waals surface area contributed by atoms with Gasteiger partial charge in [0, 0.05) is 25.0 Å². The SMILES string of the molecule is CC(C)c1ccc(C23CC2CN(C(=O)[C@@H]2CCOC(=O)NC2)C3)cc1. The van der Waals surface area contributed by atoms with Crippen LogP contribution in [0.5, 0.6) is 0 Å². The molecule has 0 spiro atoms. The van der Waals surface area contributed by atoms with Crippen LogP contribution in [0.3, 0.4) is 0 Å². The molecule has 5 nitrogen and oxygen atoms in total. The number of alkyl carbamates (subject to hydrolysis) is 1. The molecule has 134 valence electrons. The first kappa shape index (κ1) is 16.4. The van der Waals surface area contributed by atoms with E-state index in [1.807, 2.05) is 4.90 Å². The smallest absolute Gasteiger partial charge is 0.407 e. The van der Waals surface area contributed by atoms with Crippen molar-refractivity contribution in [1.82, 2.24) is 10.2 Å². The minimum absolute atomic E-state index is 0.162. The summed E-state index contributed by atoms with van der Waals surface area (Å²) in [5.74, 6) is 1.12. The highest BCUT2D eigenvalue weighted by molar-refractivity contribution is 5.81. The van der Waals surface area contributed by atoms with E-state index in [2.05, 4.69) is 43.4 Å². The average Bonchev–Trinajstić information content (AvgIpc) is 3.25. The maximum absolute atomic E-state index is 12.9. The number of carbonyl (C=O) groups excluding carboxylic acids is 2. The number of piperidine rings is 1. The summed E-state index contributed by atoms with van der Waals surface area (Å²) in [6, 6.07) is 8.96. The number of hydrogen-bond acceptors (Lipinski definition) is 3. The molecule has 3 aliphatic rings. The minimum atomic E-state index is -0.415. The highest BCUT2D eigenvalue weighted by atomic mass is 16.5. The third kappa shape index (κ3) is 2.90. The van der Waals surface area contributed by atoms with Gasteiger partial charge in [-0.15, -0.1) is 0 Å². The first-order valence-electron chi connectivity index (χ1n) is 9.29. The van der Waals surface area contributed by atoms with Gasteiger partial charge in [-0.2, -0.15) is 0 Å². The van der Waals surface area contributed by atoms with E-state index >= 15 is 0 Å². The summed E-state index contributed by atoms with van der Waals surface area (Å²) < 4.78 is 4.97. The van der Waals surface area contributed by atoms with E-state index in [1.54, 1.807) is 0 Å². The van der Waals surface area contributed by atoms with Crippen molar-refractivity contribution in [3.05, 3.63) is 35.4 Å². The molecule has 3 atom stereocenters. The monoisotopic (exact) mass is 342 g/mol. The number of nitrogens with zero attached hydrogens (tertiary/aromatic N) is 1. The molecule has 4 rings (SSSR count). The highest BCUT2D eigenvalue weighted by Gasteiger charge is 2.61. The zero-order chi connectivity index (χ0) is 17.6. The van der Waals surface area contributed by atoms with Crippen LogP contribution in [0.2, 0.25) is 0 Å². The normalized spacial score (nSPS) is 31.2. The number of amides is 2. The molecule has 1 aliphatic carbocycles. The van der Waals surface area contributed by atoms with Gasteiger partial charge in [0.05, 0.1) is 12.5 Å². The fraction of sp³-hybridized carbons (Fsp3) is 0.600. The van der Waals surface area contributed by atoms with Crippen LogP contribution < -0.4 is 5.32 Å². The van der Waals surface area contributed by atoms with Crippen molar-refractivity contribution in [2.24, 2.45) is 11.8 Å². The number of ether oxygens (including phenoxy) is 1. The molecular weight excluding hydrogens is 316 g/mol. The van der Waals surface area contributed by atoms with E-state index in [9.17, 15) is 9.59 Å². The van der Waals surface area contributed by atoms with Crippen LogP contribution in [-0.4, -0.2) is 43.1 Å². The molecule has 25 heavy (non-hydrogen) atoms. The Morgan fingerprint density at radius 3 is 2.80 bits per heavy atom. The Balaban J connectivity index is 1.44. The van der Waals surface area contributed by atoms with Crippen LogP contribution in [0.4, 0.5) is 4.79 Å². The molecule has 5 heteroatoms. The van der Waals surface area contributed by atoms with Crippen molar-refractivity contribution in [3.8, 4) is 0 Å². The molecule has 1 saturated carbocycles. The lowest BCUT2D eigenvalue weighted by Gasteiger charge is -2.25. The van der Waals surface area contributed by atoms with Crippen LogP contribution in [0, 0.1) is 11.8 Å².